The Kier molecular flexibility index (Phi) is 4.32. The monoisotopic (exact) mass is 365 g/mol. The van der Waals surface area contributed by atoms with Gasteiger partial charge in [0.05, 0.1) is 5.56 Å². The highest BCUT2D eigenvalue weighted by atomic mass is 19.2. The molecule has 1 N–H and O–H groups in total. The molecule has 4 rings (SSSR count). The van der Waals surface area contributed by atoms with Gasteiger partial charge in [0.15, 0.2) is 11.6 Å². The number of hydrogen-bond donors (Lipinski definition) is 1. The van der Waals surface area contributed by atoms with Crippen molar-refractivity contribution < 1.29 is 13.6 Å². The molecule has 4 nitrogen and oxygen atoms in total. The quantitative estimate of drug-likeness (QED) is 0.732. The van der Waals surface area contributed by atoms with E-state index in [2.05, 4.69) is 34.3 Å². The van der Waals surface area contributed by atoms with E-state index in [4.69, 9.17) is 0 Å². The van der Waals surface area contributed by atoms with Crippen LogP contribution in [0.2, 0.25) is 0 Å². The van der Waals surface area contributed by atoms with Crippen LogP contribution in [0.4, 0.5) is 26.0 Å². The molecule has 1 amide bonds. The minimum atomic E-state index is -1.01. The van der Waals surface area contributed by atoms with Gasteiger partial charge >= 0.3 is 0 Å². The third kappa shape index (κ3) is 3.26. The number of amides is 1. The molecule has 27 heavy (non-hydrogen) atoms. The number of rotatable bonds is 3. The molecule has 2 heterocycles. The first kappa shape index (κ1) is 17.1. The maximum Gasteiger partial charge on any atom is 0.257 e. The molecular weight excluding hydrogens is 348 g/mol. The molecule has 0 aliphatic carbocycles. The van der Waals surface area contributed by atoms with Gasteiger partial charge in [-0.15, -0.1) is 0 Å². The van der Waals surface area contributed by atoms with E-state index in [0.29, 0.717) is 5.56 Å². The summed E-state index contributed by atoms with van der Waals surface area (Å²) in [5, 5.41) is 2.54. The zero-order valence-corrected chi connectivity index (χ0v) is 14.6. The average Bonchev–Trinajstić information content (AvgIpc) is 3.00. The van der Waals surface area contributed by atoms with E-state index in [1.165, 1.54) is 17.8 Å². The summed E-state index contributed by atoms with van der Waals surface area (Å²) in [6, 6.07) is 15.1. The summed E-state index contributed by atoms with van der Waals surface area (Å²) in [4.78, 5) is 18.9. The minimum Gasteiger partial charge on any atom is -0.323 e. The van der Waals surface area contributed by atoms with Gasteiger partial charge in [-0.05, 0) is 49.2 Å². The van der Waals surface area contributed by atoms with Crippen LogP contribution in [0, 0.1) is 11.6 Å². The summed E-state index contributed by atoms with van der Waals surface area (Å²) in [6.07, 6.45) is 2.43. The number of benzene rings is 2. The maximum atomic E-state index is 13.3. The molecule has 1 aliphatic rings. The Balaban J connectivity index is 1.54. The first-order valence-electron chi connectivity index (χ1n) is 8.62. The summed E-state index contributed by atoms with van der Waals surface area (Å²) in [5.41, 5.74) is 2.91. The summed E-state index contributed by atoms with van der Waals surface area (Å²) >= 11 is 0. The van der Waals surface area contributed by atoms with E-state index >= 15 is 0 Å². The minimum absolute atomic E-state index is 0.185. The second-order valence-corrected chi connectivity index (χ2v) is 6.54. The number of carbonyl (C=O) groups is 1. The zero-order chi connectivity index (χ0) is 19.0. The molecule has 3 aromatic rings. The van der Waals surface area contributed by atoms with Gasteiger partial charge in [0.25, 0.3) is 5.91 Å². The normalized spacial score (nSPS) is 15.5. The van der Waals surface area contributed by atoms with Crippen LogP contribution in [-0.4, -0.2) is 16.9 Å². The first-order valence-corrected chi connectivity index (χ1v) is 8.62. The fourth-order valence-electron chi connectivity index (χ4n) is 3.35. The number of anilines is 3. The van der Waals surface area contributed by atoms with E-state index < -0.39 is 17.5 Å². The molecule has 1 aromatic heterocycles. The van der Waals surface area contributed by atoms with Crippen LogP contribution in [0.25, 0.3) is 0 Å². The lowest BCUT2D eigenvalue weighted by molar-refractivity contribution is 0.102. The molecule has 1 atom stereocenters. The van der Waals surface area contributed by atoms with Gasteiger partial charge in [0, 0.05) is 29.7 Å². The van der Waals surface area contributed by atoms with Crippen LogP contribution in [0.15, 0.2) is 60.8 Å². The Morgan fingerprint density at radius 1 is 1.11 bits per heavy atom. The Morgan fingerprint density at radius 3 is 2.67 bits per heavy atom. The van der Waals surface area contributed by atoms with Crippen molar-refractivity contribution >= 4 is 23.1 Å². The van der Waals surface area contributed by atoms with E-state index in [1.807, 2.05) is 12.1 Å². The van der Waals surface area contributed by atoms with E-state index in [1.54, 1.807) is 12.1 Å². The lowest BCUT2D eigenvalue weighted by atomic mass is 10.1. The number of pyridine rings is 1. The zero-order valence-electron chi connectivity index (χ0n) is 14.6. The van der Waals surface area contributed by atoms with E-state index in [-0.39, 0.29) is 11.7 Å². The van der Waals surface area contributed by atoms with Crippen molar-refractivity contribution in [1.29, 1.82) is 0 Å². The molecule has 0 radical (unpaired) electrons. The van der Waals surface area contributed by atoms with Crippen molar-refractivity contribution in [3.05, 3.63) is 83.6 Å². The fraction of sp³-hybridized carbons (Fsp3) is 0.143. The third-order valence-electron chi connectivity index (χ3n) is 4.64. The molecule has 2 aromatic carbocycles. The van der Waals surface area contributed by atoms with Crippen molar-refractivity contribution in [3.8, 4) is 0 Å². The van der Waals surface area contributed by atoms with Gasteiger partial charge in [-0.2, -0.15) is 0 Å². The number of para-hydroxylation sites is 1. The molecule has 0 saturated heterocycles. The molecule has 136 valence electrons. The Labute approximate surface area is 155 Å². The van der Waals surface area contributed by atoms with E-state index in [0.717, 1.165) is 30.1 Å². The van der Waals surface area contributed by atoms with Crippen LogP contribution in [-0.2, 0) is 6.42 Å². The van der Waals surface area contributed by atoms with Crippen LogP contribution in [0.5, 0.6) is 0 Å². The van der Waals surface area contributed by atoms with Gasteiger partial charge in [0.1, 0.15) is 5.82 Å². The molecular formula is C21H17F2N3O. The second-order valence-electron chi connectivity index (χ2n) is 6.54. The Hall–Kier alpha value is -3.28. The van der Waals surface area contributed by atoms with Crippen molar-refractivity contribution in [2.75, 3.05) is 10.2 Å². The second kappa shape index (κ2) is 6.79. The predicted molar refractivity (Wildman–Crippen MR) is 100 cm³/mol. The molecule has 1 unspecified atom stereocenters. The lowest BCUT2D eigenvalue weighted by Gasteiger charge is -2.23. The average molecular weight is 365 g/mol. The summed E-state index contributed by atoms with van der Waals surface area (Å²) < 4.78 is 26.3. The topological polar surface area (TPSA) is 45.2 Å². The van der Waals surface area contributed by atoms with Crippen LogP contribution >= 0.6 is 0 Å². The largest absolute Gasteiger partial charge is 0.323 e. The fourth-order valence-corrected chi connectivity index (χ4v) is 3.35. The molecule has 6 heteroatoms. The van der Waals surface area contributed by atoms with Gasteiger partial charge in [-0.1, -0.05) is 18.2 Å². The first-order chi connectivity index (χ1) is 13.0. The van der Waals surface area contributed by atoms with Crippen molar-refractivity contribution in [3.63, 3.8) is 0 Å². The molecule has 1 aliphatic heterocycles. The number of aromatic nitrogens is 1. The smallest absolute Gasteiger partial charge is 0.257 e. The number of fused-ring (bicyclic) bond motifs is 1. The SMILES string of the molecule is CC1Cc2ccccc2N1c1ccc(C(=O)Nc2ccc(F)c(F)c2)cn1. The number of carbonyl (C=O) groups excluding carboxylic acids is 1. The number of hydrogen-bond acceptors (Lipinski definition) is 3. The summed E-state index contributed by atoms with van der Waals surface area (Å²) in [6.45, 7) is 2.13. The number of halogens is 2. The van der Waals surface area contributed by atoms with Gasteiger partial charge in [-0.3, -0.25) is 4.79 Å². The van der Waals surface area contributed by atoms with Crippen LogP contribution in [0.3, 0.4) is 0 Å². The van der Waals surface area contributed by atoms with Crippen molar-refractivity contribution in [2.45, 2.75) is 19.4 Å². The molecule has 0 saturated carbocycles. The highest BCUT2D eigenvalue weighted by Crippen LogP contribution is 2.36. The third-order valence-corrected chi connectivity index (χ3v) is 4.64. The molecule has 0 spiro atoms. The van der Waals surface area contributed by atoms with Crippen LogP contribution in [0.1, 0.15) is 22.8 Å². The highest BCUT2D eigenvalue weighted by Gasteiger charge is 2.27. The standard InChI is InChI=1S/C21H17F2N3O/c1-13-10-14-4-2-3-5-19(14)26(13)20-9-6-15(12-24-20)21(27)25-16-7-8-17(22)18(23)11-16/h2-9,11-13H,10H2,1H3,(H,25,27). The van der Waals surface area contributed by atoms with Gasteiger partial charge in [-0.25, -0.2) is 13.8 Å². The number of nitrogens with one attached hydrogen (secondary N) is 1. The highest BCUT2D eigenvalue weighted by molar-refractivity contribution is 6.04. The predicted octanol–water partition coefficient (Wildman–Crippen LogP) is 4.69. The van der Waals surface area contributed by atoms with Gasteiger partial charge < -0.3 is 10.2 Å². The molecule has 0 fully saturated rings. The molecule has 0 bridgehead atoms. The van der Waals surface area contributed by atoms with Crippen molar-refractivity contribution in [2.24, 2.45) is 0 Å². The van der Waals surface area contributed by atoms with E-state index in [9.17, 15) is 13.6 Å². The Bertz CT molecular complexity index is 1000. The summed E-state index contributed by atoms with van der Waals surface area (Å²) in [7, 11) is 0. The van der Waals surface area contributed by atoms with Crippen molar-refractivity contribution in [1.82, 2.24) is 4.98 Å². The van der Waals surface area contributed by atoms with Gasteiger partial charge in [0.2, 0.25) is 0 Å². The van der Waals surface area contributed by atoms with Crippen LogP contribution < -0.4 is 10.2 Å². The number of nitrogens with zero attached hydrogens (tertiary/aromatic N) is 2. The maximum absolute atomic E-state index is 13.3. The Morgan fingerprint density at radius 2 is 1.93 bits per heavy atom. The summed E-state index contributed by atoms with van der Waals surface area (Å²) in [5.74, 6) is -1.64. The lowest BCUT2D eigenvalue weighted by Crippen LogP contribution is -2.25.